The van der Waals surface area contributed by atoms with E-state index >= 15 is 0 Å². The summed E-state index contributed by atoms with van der Waals surface area (Å²) in [5.74, 6) is 1.38. The number of alkyl halides is 1. The zero-order valence-electron chi connectivity index (χ0n) is 9.66. The van der Waals surface area contributed by atoms with Gasteiger partial charge in [0.1, 0.15) is 0 Å². The summed E-state index contributed by atoms with van der Waals surface area (Å²) in [4.78, 5) is 0. The van der Waals surface area contributed by atoms with Gasteiger partial charge in [-0.05, 0) is 35.3 Å². The fourth-order valence-electron chi connectivity index (χ4n) is 2.52. The molecule has 0 spiro atoms. The molecule has 1 fully saturated rings. The van der Waals surface area contributed by atoms with Crippen LogP contribution in [-0.2, 0) is 0 Å². The van der Waals surface area contributed by atoms with Gasteiger partial charge in [-0.25, -0.2) is 0 Å². The second-order valence-electron chi connectivity index (χ2n) is 4.96. The SMILES string of the molecule is CC1CC1C(Cl)c1ccc(Cl)c2ccccc12. The van der Waals surface area contributed by atoms with Gasteiger partial charge in [0, 0.05) is 10.4 Å². The lowest BCUT2D eigenvalue weighted by Crippen LogP contribution is -1.95. The fourth-order valence-corrected chi connectivity index (χ4v) is 3.28. The summed E-state index contributed by atoms with van der Waals surface area (Å²) in [6, 6.07) is 12.3. The summed E-state index contributed by atoms with van der Waals surface area (Å²) in [5.41, 5.74) is 1.22. The van der Waals surface area contributed by atoms with Crippen LogP contribution in [0.15, 0.2) is 36.4 Å². The highest BCUT2D eigenvalue weighted by atomic mass is 35.5. The molecule has 0 radical (unpaired) electrons. The third-order valence-electron chi connectivity index (χ3n) is 3.75. The third-order valence-corrected chi connectivity index (χ3v) is 4.64. The van der Waals surface area contributed by atoms with Crippen molar-refractivity contribution in [2.75, 3.05) is 0 Å². The first-order chi connectivity index (χ1) is 8.18. The Bertz CT molecular complexity index is 562. The van der Waals surface area contributed by atoms with Gasteiger partial charge in [-0.1, -0.05) is 48.9 Å². The second-order valence-corrected chi connectivity index (χ2v) is 5.84. The zero-order chi connectivity index (χ0) is 12.0. The fraction of sp³-hybridized carbons (Fsp3) is 0.333. The van der Waals surface area contributed by atoms with Crippen molar-refractivity contribution >= 4 is 34.0 Å². The normalized spacial score (nSPS) is 24.9. The molecule has 0 saturated heterocycles. The standard InChI is InChI=1S/C15H14Cl2/c1-9-8-13(9)15(17)12-6-7-14(16)11-5-3-2-4-10(11)12/h2-7,9,13,15H,8H2,1H3. The van der Waals surface area contributed by atoms with Gasteiger partial charge >= 0.3 is 0 Å². The van der Waals surface area contributed by atoms with E-state index in [4.69, 9.17) is 23.2 Å². The molecule has 0 aromatic heterocycles. The van der Waals surface area contributed by atoms with Crippen LogP contribution in [0, 0.1) is 11.8 Å². The molecular formula is C15H14Cl2. The largest absolute Gasteiger partial charge is 0.117 e. The van der Waals surface area contributed by atoms with Gasteiger partial charge in [0.15, 0.2) is 0 Å². The van der Waals surface area contributed by atoms with E-state index in [1.165, 1.54) is 17.4 Å². The van der Waals surface area contributed by atoms with Crippen molar-refractivity contribution in [3.8, 4) is 0 Å². The van der Waals surface area contributed by atoms with Gasteiger partial charge in [-0.2, -0.15) is 0 Å². The van der Waals surface area contributed by atoms with Gasteiger partial charge in [0.25, 0.3) is 0 Å². The number of benzene rings is 2. The monoisotopic (exact) mass is 264 g/mol. The quantitative estimate of drug-likeness (QED) is 0.635. The van der Waals surface area contributed by atoms with Crippen LogP contribution in [0.25, 0.3) is 10.8 Å². The molecule has 0 heterocycles. The Morgan fingerprint density at radius 1 is 1.12 bits per heavy atom. The molecule has 88 valence electrons. The lowest BCUT2D eigenvalue weighted by atomic mass is 9.99. The van der Waals surface area contributed by atoms with E-state index < -0.39 is 0 Å². The van der Waals surface area contributed by atoms with Crippen LogP contribution in [0.5, 0.6) is 0 Å². The molecule has 3 unspecified atom stereocenters. The van der Waals surface area contributed by atoms with Crippen LogP contribution in [0.4, 0.5) is 0 Å². The first-order valence-electron chi connectivity index (χ1n) is 5.99. The van der Waals surface area contributed by atoms with Gasteiger partial charge in [0.2, 0.25) is 0 Å². The highest BCUT2D eigenvalue weighted by Gasteiger charge is 2.39. The van der Waals surface area contributed by atoms with Crippen molar-refractivity contribution in [1.82, 2.24) is 0 Å². The molecule has 0 bridgehead atoms. The summed E-state index contributed by atoms with van der Waals surface area (Å²) in [6.07, 6.45) is 1.24. The summed E-state index contributed by atoms with van der Waals surface area (Å²) in [7, 11) is 0. The maximum atomic E-state index is 6.59. The van der Waals surface area contributed by atoms with Crippen molar-refractivity contribution in [1.29, 1.82) is 0 Å². The van der Waals surface area contributed by atoms with Crippen molar-refractivity contribution < 1.29 is 0 Å². The summed E-state index contributed by atoms with van der Waals surface area (Å²) < 4.78 is 0. The lowest BCUT2D eigenvalue weighted by molar-refractivity contribution is 0.726. The van der Waals surface area contributed by atoms with Gasteiger partial charge < -0.3 is 0 Å². The van der Waals surface area contributed by atoms with Crippen LogP contribution >= 0.6 is 23.2 Å². The number of fused-ring (bicyclic) bond motifs is 1. The molecule has 3 rings (SSSR count). The predicted octanol–water partition coefficient (Wildman–Crippen LogP) is 5.43. The zero-order valence-corrected chi connectivity index (χ0v) is 11.2. The molecule has 0 amide bonds. The smallest absolute Gasteiger partial charge is 0.0622 e. The third kappa shape index (κ3) is 1.94. The number of rotatable bonds is 2. The summed E-state index contributed by atoms with van der Waals surface area (Å²) in [5, 5.41) is 3.22. The number of hydrogen-bond acceptors (Lipinski definition) is 0. The highest BCUT2D eigenvalue weighted by Crippen LogP contribution is 2.51. The minimum Gasteiger partial charge on any atom is -0.117 e. The topological polar surface area (TPSA) is 0 Å². The van der Waals surface area contributed by atoms with E-state index in [-0.39, 0.29) is 5.38 Å². The Balaban J connectivity index is 2.13. The van der Waals surface area contributed by atoms with Crippen LogP contribution in [0.3, 0.4) is 0 Å². The Hall–Kier alpha value is -0.720. The van der Waals surface area contributed by atoms with E-state index in [1.807, 2.05) is 18.2 Å². The first kappa shape index (κ1) is 11.4. The Morgan fingerprint density at radius 2 is 1.76 bits per heavy atom. The van der Waals surface area contributed by atoms with Crippen molar-refractivity contribution in [3.05, 3.63) is 47.0 Å². The molecule has 2 aromatic carbocycles. The van der Waals surface area contributed by atoms with Crippen molar-refractivity contribution in [3.63, 3.8) is 0 Å². The van der Waals surface area contributed by atoms with E-state index in [2.05, 4.69) is 25.1 Å². The lowest BCUT2D eigenvalue weighted by Gasteiger charge is -2.13. The maximum absolute atomic E-state index is 6.59. The minimum absolute atomic E-state index is 0.118. The Kier molecular flexibility index (Phi) is 2.80. The predicted molar refractivity (Wildman–Crippen MR) is 74.8 cm³/mol. The second kappa shape index (κ2) is 4.19. The maximum Gasteiger partial charge on any atom is 0.0622 e. The number of halogens is 2. The molecular weight excluding hydrogens is 251 g/mol. The molecule has 1 aliphatic carbocycles. The summed E-state index contributed by atoms with van der Waals surface area (Å²) >= 11 is 12.8. The Morgan fingerprint density at radius 3 is 2.41 bits per heavy atom. The van der Waals surface area contributed by atoms with Crippen LogP contribution in [-0.4, -0.2) is 0 Å². The average Bonchev–Trinajstić information content (AvgIpc) is 3.07. The minimum atomic E-state index is 0.118. The summed E-state index contributed by atoms with van der Waals surface area (Å²) in [6.45, 7) is 2.26. The van der Waals surface area contributed by atoms with E-state index in [1.54, 1.807) is 0 Å². The average molecular weight is 265 g/mol. The van der Waals surface area contributed by atoms with E-state index in [9.17, 15) is 0 Å². The molecule has 0 nitrogen and oxygen atoms in total. The molecule has 2 aromatic rings. The molecule has 1 aliphatic rings. The molecule has 17 heavy (non-hydrogen) atoms. The van der Waals surface area contributed by atoms with Gasteiger partial charge in [-0.3, -0.25) is 0 Å². The van der Waals surface area contributed by atoms with Gasteiger partial charge in [0.05, 0.1) is 5.38 Å². The van der Waals surface area contributed by atoms with Gasteiger partial charge in [-0.15, -0.1) is 11.6 Å². The van der Waals surface area contributed by atoms with Crippen LogP contribution < -0.4 is 0 Å². The number of hydrogen-bond donors (Lipinski definition) is 0. The molecule has 0 aliphatic heterocycles. The Labute approximate surface area is 112 Å². The van der Waals surface area contributed by atoms with Crippen LogP contribution in [0.2, 0.25) is 5.02 Å². The first-order valence-corrected chi connectivity index (χ1v) is 6.81. The van der Waals surface area contributed by atoms with E-state index in [0.29, 0.717) is 5.92 Å². The molecule has 0 N–H and O–H groups in total. The molecule has 1 saturated carbocycles. The molecule has 3 atom stereocenters. The van der Waals surface area contributed by atoms with Crippen molar-refractivity contribution in [2.24, 2.45) is 11.8 Å². The van der Waals surface area contributed by atoms with Crippen LogP contribution in [0.1, 0.15) is 24.3 Å². The highest BCUT2D eigenvalue weighted by molar-refractivity contribution is 6.35. The van der Waals surface area contributed by atoms with Crippen molar-refractivity contribution in [2.45, 2.75) is 18.7 Å². The molecule has 2 heteroatoms. The van der Waals surface area contributed by atoms with E-state index in [0.717, 1.165) is 16.3 Å².